The van der Waals surface area contributed by atoms with Gasteiger partial charge in [-0.25, -0.2) is 13.6 Å². The van der Waals surface area contributed by atoms with Gasteiger partial charge in [0.25, 0.3) is 5.56 Å². The Morgan fingerprint density at radius 2 is 1.61 bits per heavy atom. The van der Waals surface area contributed by atoms with E-state index in [0.717, 1.165) is 32.9 Å². The molecule has 0 bridgehead atoms. The summed E-state index contributed by atoms with van der Waals surface area (Å²) in [4.78, 5) is 30.0. The average molecular weight is 644 g/mol. The SMILES string of the molecule is Cc1c(-c2cccc(OC3CCOCC3)c2F)c(=O)n(C[C@@H](c2ccccc2)N(C)C)c(=O)n1Cc1c(F)cccc1C(F)(F)F. The van der Waals surface area contributed by atoms with E-state index >= 15 is 8.78 Å². The highest BCUT2D eigenvalue weighted by Crippen LogP contribution is 2.35. The van der Waals surface area contributed by atoms with Crippen molar-refractivity contribution in [2.45, 2.75) is 51.2 Å². The number of aromatic nitrogens is 2. The summed E-state index contributed by atoms with van der Waals surface area (Å²) in [6.45, 7) is 1.17. The van der Waals surface area contributed by atoms with Crippen molar-refractivity contribution in [1.29, 1.82) is 0 Å². The van der Waals surface area contributed by atoms with E-state index in [1.54, 1.807) is 31.1 Å². The van der Waals surface area contributed by atoms with Crippen LogP contribution in [0.5, 0.6) is 5.75 Å². The summed E-state index contributed by atoms with van der Waals surface area (Å²) < 4.78 is 86.2. The van der Waals surface area contributed by atoms with Crippen LogP contribution in [0.25, 0.3) is 11.1 Å². The van der Waals surface area contributed by atoms with Crippen LogP contribution in [0.15, 0.2) is 76.3 Å². The Bertz CT molecular complexity index is 1810. The molecule has 4 aromatic rings. The zero-order valence-corrected chi connectivity index (χ0v) is 25.6. The molecule has 7 nitrogen and oxygen atoms in total. The molecule has 1 aliphatic heterocycles. The van der Waals surface area contributed by atoms with E-state index in [2.05, 4.69) is 0 Å². The van der Waals surface area contributed by atoms with Gasteiger partial charge in [0, 0.05) is 29.7 Å². The van der Waals surface area contributed by atoms with Gasteiger partial charge in [-0.15, -0.1) is 0 Å². The summed E-state index contributed by atoms with van der Waals surface area (Å²) in [5.74, 6) is -2.15. The normalized spacial score (nSPS) is 14.9. The first-order valence-corrected chi connectivity index (χ1v) is 14.8. The maximum atomic E-state index is 16.2. The number of hydrogen-bond donors (Lipinski definition) is 0. The van der Waals surface area contributed by atoms with Gasteiger partial charge < -0.3 is 14.4 Å². The molecule has 0 saturated carbocycles. The molecule has 244 valence electrons. The van der Waals surface area contributed by atoms with Crippen LogP contribution in [-0.2, 0) is 24.0 Å². The van der Waals surface area contributed by atoms with Gasteiger partial charge in [0.2, 0.25) is 0 Å². The summed E-state index contributed by atoms with van der Waals surface area (Å²) >= 11 is 0. The molecule has 0 aliphatic carbocycles. The standard InChI is InChI=1S/C34H34F5N3O4/c1-21-30(24-11-7-14-29(31(24)36)46-23-15-17-45-18-16-23)32(43)42(20-28(40(2)3)22-9-5-4-6-10-22)33(44)41(21)19-25-26(34(37,38)39)12-8-13-27(25)35/h4-14,23,28H,15-20H2,1-3H3/t28-/m0/s1. The van der Waals surface area contributed by atoms with Crippen molar-refractivity contribution in [3.8, 4) is 16.9 Å². The second kappa shape index (κ2) is 13.6. The number of halogens is 5. The fourth-order valence-electron chi connectivity index (χ4n) is 5.78. The van der Waals surface area contributed by atoms with Gasteiger partial charge in [0.15, 0.2) is 11.6 Å². The van der Waals surface area contributed by atoms with E-state index in [1.165, 1.54) is 25.1 Å². The fourth-order valence-corrected chi connectivity index (χ4v) is 5.78. The van der Waals surface area contributed by atoms with Gasteiger partial charge in [-0.05, 0) is 44.8 Å². The van der Waals surface area contributed by atoms with Crippen LogP contribution in [0.1, 0.15) is 41.3 Å². The Kier molecular flexibility index (Phi) is 9.78. The second-order valence-corrected chi connectivity index (χ2v) is 11.4. The molecule has 1 aliphatic rings. The Morgan fingerprint density at radius 3 is 2.26 bits per heavy atom. The van der Waals surface area contributed by atoms with Gasteiger partial charge in [-0.1, -0.05) is 48.5 Å². The van der Waals surface area contributed by atoms with Gasteiger partial charge in [-0.3, -0.25) is 13.9 Å². The summed E-state index contributed by atoms with van der Waals surface area (Å²) in [5.41, 5.74) is -3.63. The first kappa shape index (κ1) is 33.1. The van der Waals surface area contributed by atoms with Gasteiger partial charge >= 0.3 is 11.9 Å². The van der Waals surface area contributed by atoms with Crippen molar-refractivity contribution in [2.75, 3.05) is 27.3 Å². The largest absolute Gasteiger partial charge is 0.487 e. The smallest absolute Gasteiger partial charge is 0.416 e. The Balaban J connectivity index is 1.73. The number of likely N-dealkylation sites (N-methyl/N-ethyl adjacent to an activating group) is 1. The topological polar surface area (TPSA) is 65.7 Å². The van der Waals surface area contributed by atoms with E-state index in [1.807, 2.05) is 18.2 Å². The molecule has 3 aromatic carbocycles. The lowest BCUT2D eigenvalue weighted by molar-refractivity contribution is -0.138. The highest BCUT2D eigenvalue weighted by molar-refractivity contribution is 5.67. The van der Waals surface area contributed by atoms with Crippen molar-refractivity contribution in [3.05, 3.63) is 122 Å². The Morgan fingerprint density at radius 1 is 0.935 bits per heavy atom. The van der Waals surface area contributed by atoms with Gasteiger partial charge in [0.1, 0.15) is 11.9 Å². The van der Waals surface area contributed by atoms with Crippen molar-refractivity contribution in [2.24, 2.45) is 0 Å². The number of ether oxygens (including phenoxy) is 2. The summed E-state index contributed by atoms with van der Waals surface area (Å²) in [7, 11) is 3.50. The maximum Gasteiger partial charge on any atom is 0.416 e. The molecule has 1 saturated heterocycles. The Labute approximate surface area is 262 Å². The molecule has 0 N–H and O–H groups in total. The zero-order chi connectivity index (χ0) is 33.2. The monoisotopic (exact) mass is 643 g/mol. The van der Waals surface area contributed by atoms with Crippen LogP contribution in [0.3, 0.4) is 0 Å². The van der Waals surface area contributed by atoms with Crippen LogP contribution in [-0.4, -0.2) is 47.4 Å². The number of alkyl halides is 3. The third-order valence-electron chi connectivity index (χ3n) is 8.29. The van der Waals surface area contributed by atoms with Crippen LogP contribution in [0, 0.1) is 18.6 Å². The highest BCUT2D eigenvalue weighted by atomic mass is 19.4. The van der Waals surface area contributed by atoms with Crippen LogP contribution in [0.4, 0.5) is 22.0 Å². The number of nitrogens with zero attached hydrogens (tertiary/aromatic N) is 3. The molecule has 2 heterocycles. The molecule has 0 spiro atoms. The molecule has 12 heteroatoms. The molecule has 1 aromatic heterocycles. The summed E-state index contributed by atoms with van der Waals surface area (Å²) in [5, 5.41) is 0. The minimum atomic E-state index is -4.92. The van der Waals surface area contributed by atoms with E-state index in [0.29, 0.717) is 26.1 Å². The van der Waals surface area contributed by atoms with Gasteiger partial charge in [-0.2, -0.15) is 13.2 Å². The second-order valence-electron chi connectivity index (χ2n) is 11.4. The predicted molar refractivity (Wildman–Crippen MR) is 163 cm³/mol. The number of benzene rings is 3. The fraction of sp³-hybridized carbons (Fsp3) is 0.353. The van der Waals surface area contributed by atoms with E-state index in [9.17, 15) is 22.8 Å². The minimum absolute atomic E-state index is 0.114. The van der Waals surface area contributed by atoms with Crippen molar-refractivity contribution in [3.63, 3.8) is 0 Å². The van der Waals surface area contributed by atoms with Crippen molar-refractivity contribution < 1.29 is 31.4 Å². The third-order valence-corrected chi connectivity index (χ3v) is 8.29. The first-order valence-electron chi connectivity index (χ1n) is 14.8. The van der Waals surface area contributed by atoms with Gasteiger partial charge in [0.05, 0.1) is 43.5 Å². The lowest BCUT2D eigenvalue weighted by Crippen LogP contribution is -2.45. The lowest BCUT2D eigenvalue weighted by atomic mass is 10.0. The van der Waals surface area contributed by atoms with Crippen LogP contribution in [0.2, 0.25) is 0 Å². The molecule has 1 atom stereocenters. The maximum absolute atomic E-state index is 16.2. The van der Waals surface area contributed by atoms with Crippen molar-refractivity contribution >= 4 is 0 Å². The molecule has 5 rings (SSSR count). The quantitative estimate of drug-likeness (QED) is 0.204. The highest BCUT2D eigenvalue weighted by Gasteiger charge is 2.35. The lowest BCUT2D eigenvalue weighted by Gasteiger charge is -2.27. The number of rotatable bonds is 9. The van der Waals surface area contributed by atoms with E-state index in [-0.39, 0.29) is 35.2 Å². The molecule has 1 fully saturated rings. The number of hydrogen-bond acceptors (Lipinski definition) is 5. The average Bonchev–Trinajstić information content (AvgIpc) is 3.02. The zero-order valence-electron chi connectivity index (χ0n) is 25.6. The third kappa shape index (κ3) is 6.78. The molecule has 46 heavy (non-hydrogen) atoms. The minimum Gasteiger partial charge on any atom is -0.487 e. The first-order chi connectivity index (χ1) is 21.9. The summed E-state index contributed by atoms with van der Waals surface area (Å²) in [6.07, 6.45) is -4.16. The summed E-state index contributed by atoms with van der Waals surface area (Å²) in [6, 6.07) is 15.3. The van der Waals surface area contributed by atoms with Crippen LogP contribution < -0.4 is 16.0 Å². The molecule has 0 amide bonds. The van der Waals surface area contributed by atoms with E-state index in [4.69, 9.17) is 9.47 Å². The Hall–Kier alpha value is -4.29. The van der Waals surface area contributed by atoms with E-state index < -0.39 is 52.8 Å². The molecule has 0 radical (unpaired) electrons. The van der Waals surface area contributed by atoms with Crippen molar-refractivity contribution in [1.82, 2.24) is 14.0 Å². The van der Waals surface area contributed by atoms with Crippen LogP contribution >= 0.6 is 0 Å². The predicted octanol–water partition coefficient (Wildman–Crippen LogP) is 6.19. The molecule has 0 unspecified atom stereocenters. The molecular weight excluding hydrogens is 609 g/mol. The molecular formula is C34H34F5N3O4.